The molecule has 7 nitrogen and oxygen atoms in total. The molecule has 1 aromatic carbocycles. The molecule has 1 aliphatic carbocycles. The fraction of sp³-hybridized carbons (Fsp3) is 0.400. The van der Waals surface area contributed by atoms with Crippen LogP contribution in [0.25, 0.3) is 0 Å². The van der Waals surface area contributed by atoms with Gasteiger partial charge in [-0.25, -0.2) is 4.79 Å². The molecule has 0 bridgehead atoms. The van der Waals surface area contributed by atoms with Gasteiger partial charge in [0.05, 0.1) is 7.11 Å². The normalized spacial score (nSPS) is 24.2. The first-order valence-corrected chi connectivity index (χ1v) is 7.07. The lowest BCUT2D eigenvalue weighted by atomic mass is 9.92. The topological polar surface area (TPSA) is 87.7 Å². The Bertz CT molecular complexity index is 656. The van der Waals surface area contributed by atoms with E-state index >= 15 is 0 Å². The SMILES string of the molecule is COc1cccc([C@@]2(C)NC(=O)N(NC(=O)C3CC3)C2=O)c1. The highest BCUT2D eigenvalue weighted by Crippen LogP contribution is 2.32. The highest BCUT2D eigenvalue weighted by molar-refractivity contribution is 6.08. The summed E-state index contributed by atoms with van der Waals surface area (Å²) in [6.07, 6.45) is 1.59. The number of ether oxygens (including phenoxy) is 1. The van der Waals surface area contributed by atoms with Crippen molar-refractivity contribution in [2.45, 2.75) is 25.3 Å². The number of hydrogen-bond acceptors (Lipinski definition) is 4. The summed E-state index contributed by atoms with van der Waals surface area (Å²) < 4.78 is 5.15. The molecule has 2 N–H and O–H groups in total. The second-order valence-electron chi connectivity index (χ2n) is 5.68. The summed E-state index contributed by atoms with van der Waals surface area (Å²) >= 11 is 0. The number of carbonyl (C=O) groups is 3. The van der Waals surface area contributed by atoms with E-state index in [9.17, 15) is 14.4 Å². The van der Waals surface area contributed by atoms with E-state index in [4.69, 9.17) is 4.74 Å². The van der Waals surface area contributed by atoms with E-state index in [2.05, 4.69) is 10.7 Å². The quantitative estimate of drug-likeness (QED) is 0.809. The van der Waals surface area contributed by atoms with Gasteiger partial charge in [-0.1, -0.05) is 12.1 Å². The molecule has 1 saturated carbocycles. The van der Waals surface area contributed by atoms with Crippen LogP contribution >= 0.6 is 0 Å². The van der Waals surface area contributed by atoms with Gasteiger partial charge in [-0.15, -0.1) is 0 Å². The van der Waals surface area contributed by atoms with Crippen molar-refractivity contribution in [3.8, 4) is 5.75 Å². The van der Waals surface area contributed by atoms with Crippen molar-refractivity contribution >= 4 is 17.8 Å². The van der Waals surface area contributed by atoms with Crippen LogP contribution in [0.2, 0.25) is 0 Å². The molecule has 3 rings (SSSR count). The molecular weight excluding hydrogens is 286 g/mol. The van der Waals surface area contributed by atoms with Crippen LogP contribution in [0.4, 0.5) is 4.79 Å². The maximum absolute atomic E-state index is 12.6. The van der Waals surface area contributed by atoms with Crippen LogP contribution in [0.1, 0.15) is 25.3 Å². The number of rotatable bonds is 4. The fourth-order valence-corrected chi connectivity index (χ4v) is 2.42. The highest BCUT2D eigenvalue weighted by Gasteiger charge is 2.50. The third-order valence-corrected chi connectivity index (χ3v) is 4.01. The number of hydrogen-bond donors (Lipinski definition) is 2. The van der Waals surface area contributed by atoms with Crippen molar-refractivity contribution in [3.05, 3.63) is 29.8 Å². The predicted molar refractivity (Wildman–Crippen MR) is 76.6 cm³/mol. The lowest BCUT2D eigenvalue weighted by Crippen LogP contribution is -2.48. The van der Waals surface area contributed by atoms with Crippen molar-refractivity contribution in [3.63, 3.8) is 0 Å². The number of nitrogens with one attached hydrogen (secondary N) is 2. The summed E-state index contributed by atoms with van der Waals surface area (Å²) in [5, 5.41) is 3.39. The van der Waals surface area contributed by atoms with Gasteiger partial charge < -0.3 is 10.1 Å². The molecule has 1 aliphatic heterocycles. The summed E-state index contributed by atoms with van der Waals surface area (Å²) in [6.45, 7) is 1.60. The van der Waals surface area contributed by atoms with E-state index in [0.29, 0.717) is 11.3 Å². The predicted octanol–water partition coefficient (Wildman–Crippen LogP) is 0.903. The Morgan fingerprint density at radius 3 is 2.77 bits per heavy atom. The van der Waals surface area contributed by atoms with Gasteiger partial charge in [-0.3, -0.25) is 15.0 Å². The van der Waals surface area contributed by atoms with Gasteiger partial charge in [-0.2, -0.15) is 5.01 Å². The summed E-state index contributed by atoms with van der Waals surface area (Å²) in [5.41, 5.74) is 1.75. The van der Waals surface area contributed by atoms with Gasteiger partial charge in [-0.05, 0) is 37.5 Å². The Labute approximate surface area is 127 Å². The van der Waals surface area contributed by atoms with Crippen LogP contribution in [0.15, 0.2) is 24.3 Å². The minimum Gasteiger partial charge on any atom is -0.497 e. The van der Waals surface area contributed by atoms with E-state index in [1.165, 1.54) is 7.11 Å². The molecular formula is C15H17N3O4. The Balaban J connectivity index is 1.86. The summed E-state index contributed by atoms with van der Waals surface area (Å²) in [5.74, 6) is -0.316. The number of nitrogens with zero attached hydrogens (tertiary/aromatic N) is 1. The van der Waals surface area contributed by atoms with Crippen molar-refractivity contribution in [2.24, 2.45) is 5.92 Å². The first-order valence-electron chi connectivity index (χ1n) is 7.07. The average Bonchev–Trinajstić information content (AvgIpc) is 3.33. The maximum atomic E-state index is 12.6. The van der Waals surface area contributed by atoms with E-state index in [1.807, 2.05) is 0 Å². The molecule has 2 aliphatic rings. The molecule has 0 unspecified atom stereocenters. The number of carbonyl (C=O) groups excluding carboxylic acids is 3. The van der Waals surface area contributed by atoms with Crippen LogP contribution in [-0.4, -0.2) is 30.0 Å². The standard InChI is InChI=1S/C15H17N3O4/c1-15(10-4-3-5-11(8-10)22-2)13(20)18(14(21)16-15)17-12(19)9-6-7-9/h3-5,8-9H,6-7H2,1-2H3,(H,16,21)(H,17,19)/t15-/m1/s1. The second kappa shape index (κ2) is 5.01. The van der Waals surface area contributed by atoms with Crippen molar-refractivity contribution < 1.29 is 19.1 Å². The van der Waals surface area contributed by atoms with Gasteiger partial charge in [0.2, 0.25) is 5.91 Å². The Hall–Kier alpha value is -2.57. The van der Waals surface area contributed by atoms with Gasteiger partial charge in [0.1, 0.15) is 11.3 Å². The van der Waals surface area contributed by atoms with E-state index in [1.54, 1.807) is 31.2 Å². The lowest BCUT2D eigenvalue weighted by molar-refractivity contribution is -0.139. The number of hydrazine groups is 1. The first kappa shape index (κ1) is 14.4. The zero-order valence-electron chi connectivity index (χ0n) is 12.4. The molecule has 116 valence electrons. The molecule has 1 aromatic rings. The minimum atomic E-state index is -1.23. The average molecular weight is 303 g/mol. The molecule has 1 atom stereocenters. The smallest absolute Gasteiger partial charge is 0.344 e. The third kappa shape index (κ3) is 2.28. The molecule has 1 saturated heterocycles. The van der Waals surface area contributed by atoms with Gasteiger partial charge in [0.15, 0.2) is 0 Å². The zero-order valence-corrected chi connectivity index (χ0v) is 12.4. The first-order chi connectivity index (χ1) is 10.5. The Morgan fingerprint density at radius 2 is 2.14 bits per heavy atom. The highest BCUT2D eigenvalue weighted by atomic mass is 16.5. The molecule has 2 fully saturated rings. The Morgan fingerprint density at radius 1 is 1.41 bits per heavy atom. The van der Waals surface area contributed by atoms with Crippen molar-refractivity contribution in [1.29, 1.82) is 0 Å². The summed E-state index contributed by atoms with van der Waals surface area (Å²) in [7, 11) is 1.53. The molecule has 0 spiro atoms. The van der Waals surface area contributed by atoms with Gasteiger partial charge in [0.25, 0.3) is 5.91 Å². The Kier molecular flexibility index (Phi) is 3.27. The number of imide groups is 1. The van der Waals surface area contributed by atoms with Crippen LogP contribution in [0.3, 0.4) is 0 Å². The summed E-state index contributed by atoms with van der Waals surface area (Å²) in [4.78, 5) is 36.5. The lowest BCUT2D eigenvalue weighted by Gasteiger charge is -2.22. The van der Waals surface area contributed by atoms with Crippen LogP contribution in [0.5, 0.6) is 5.75 Å². The number of amides is 4. The van der Waals surface area contributed by atoms with E-state index in [0.717, 1.165) is 17.9 Å². The number of benzene rings is 1. The summed E-state index contributed by atoms with van der Waals surface area (Å²) in [6, 6.07) is 6.27. The number of urea groups is 1. The monoisotopic (exact) mass is 303 g/mol. The van der Waals surface area contributed by atoms with Crippen LogP contribution in [0, 0.1) is 5.92 Å². The van der Waals surface area contributed by atoms with Crippen LogP contribution in [-0.2, 0) is 15.1 Å². The fourth-order valence-electron chi connectivity index (χ4n) is 2.42. The maximum Gasteiger partial charge on any atom is 0.344 e. The van der Waals surface area contributed by atoms with Crippen molar-refractivity contribution in [1.82, 2.24) is 15.8 Å². The molecule has 0 aromatic heterocycles. The van der Waals surface area contributed by atoms with E-state index < -0.39 is 17.5 Å². The second-order valence-corrected chi connectivity index (χ2v) is 5.68. The minimum absolute atomic E-state index is 0.0933. The van der Waals surface area contributed by atoms with Gasteiger partial charge >= 0.3 is 6.03 Å². The molecule has 22 heavy (non-hydrogen) atoms. The zero-order chi connectivity index (χ0) is 15.9. The van der Waals surface area contributed by atoms with Crippen LogP contribution < -0.4 is 15.5 Å². The third-order valence-electron chi connectivity index (χ3n) is 4.01. The molecule has 0 radical (unpaired) electrons. The largest absolute Gasteiger partial charge is 0.497 e. The molecule has 1 heterocycles. The molecule has 4 amide bonds. The van der Waals surface area contributed by atoms with Crippen molar-refractivity contribution in [2.75, 3.05) is 7.11 Å². The molecule has 7 heteroatoms. The number of methoxy groups -OCH3 is 1. The van der Waals surface area contributed by atoms with E-state index in [-0.39, 0.29) is 11.8 Å². The van der Waals surface area contributed by atoms with Gasteiger partial charge in [0, 0.05) is 5.92 Å².